The number of nitrogens with one attached hydrogen (secondary N) is 1. The van der Waals surface area contributed by atoms with E-state index in [-0.39, 0.29) is 30.5 Å². The number of carbonyl (C=O) groups excluding carboxylic acids is 1. The van der Waals surface area contributed by atoms with Gasteiger partial charge < -0.3 is 10.1 Å². The van der Waals surface area contributed by atoms with Gasteiger partial charge in [0.05, 0.1) is 6.10 Å². The van der Waals surface area contributed by atoms with E-state index in [4.69, 9.17) is 4.74 Å². The minimum absolute atomic E-state index is 0.181. The summed E-state index contributed by atoms with van der Waals surface area (Å²) in [5.74, 6) is -0.864. The number of rotatable bonds is 7. The molecule has 0 heterocycles. The summed E-state index contributed by atoms with van der Waals surface area (Å²) in [6, 6.07) is 12.4. The average molecular weight is 319 g/mol. The Hall–Kier alpha value is -2.27. The first kappa shape index (κ1) is 17.1. The monoisotopic (exact) mass is 319 g/mol. The highest BCUT2D eigenvalue weighted by Gasteiger charge is 2.13. The van der Waals surface area contributed by atoms with Crippen molar-refractivity contribution in [2.75, 3.05) is 13.7 Å². The second-order valence-corrected chi connectivity index (χ2v) is 5.17. The van der Waals surface area contributed by atoms with Gasteiger partial charge in [0, 0.05) is 20.1 Å². The minimum Gasteiger partial charge on any atom is -0.375 e. The lowest BCUT2D eigenvalue weighted by atomic mass is 10.1. The summed E-state index contributed by atoms with van der Waals surface area (Å²) in [5, 5.41) is 2.73. The smallest absolute Gasteiger partial charge is 0.220 e. The Kier molecular flexibility index (Phi) is 6.23. The quantitative estimate of drug-likeness (QED) is 0.849. The third-order valence-electron chi connectivity index (χ3n) is 3.57. The third kappa shape index (κ3) is 5.14. The molecule has 5 heteroatoms. The first-order valence-electron chi connectivity index (χ1n) is 7.38. The van der Waals surface area contributed by atoms with Crippen LogP contribution in [0.15, 0.2) is 48.5 Å². The van der Waals surface area contributed by atoms with Gasteiger partial charge in [-0.25, -0.2) is 8.78 Å². The van der Waals surface area contributed by atoms with Crippen molar-refractivity contribution in [2.24, 2.45) is 0 Å². The number of hydrogen-bond donors (Lipinski definition) is 1. The molecule has 0 spiro atoms. The van der Waals surface area contributed by atoms with Crippen molar-refractivity contribution >= 4 is 5.91 Å². The maximum absolute atomic E-state index is 13.5. The molecule has 1 amide bonds. The van der Waals surface area contributed by atoms with Gasteiger partial charge in [-0.15, -0.1) is 0 Å². The highest BCUT2D eigenvalue weighted by atomic mass is 19.1. The predicted molar refractivity (Wildman–Crippen MR) is 83.9 cm³/mol. The molecule has 0 aliphatic heterocycles. The van der Waals surface area contributed by atoms with E-state index >= 15 is 0 Å². The van der Waals surface area contributed by atoms with Crippen LogP contribution in [0.5, 0.6) is 0 Å². The van der Waals surface area contributed by atoms with Gasteiger partial charge in [-0.2, -0.15) is 0 Å². The number of halogens is 2. The maximum Gasteiger partial charge on any atom is 0.220 e. The van der Waals surface area contributed by atoms with Crippen LogP contribution in [0.25, 0.3) is 0 Å². The Balaban J connectivity index is 1.84. The van der Waals surface area contributed by atoms with Crippen molar-refractivity contribution in [3.63, 3.8) is 0 Å². The minimum atomic E-state index is -0.428. The molecular formula is C18H19F2NO2. The van der Waals surface area contributed by atoms with Gasteiger partial charge >= 0.3 is 0 Å². The molecule has 0 aliphatic carbocycles. The molecule has 2 aromatic carbocycles. The molecule has 122 valence electrons. The Morgan fingerprint density at radius 3 is 2.65 bits per heavy atom. The van der Waals surface area contributed by atoms with Crippen molar-refractivity contribution in [3.05, 3.63) is 71.3 Å². The lowest BCUT2D eigenvalue weighted by Crippen LogP contribution is -2.29. The molecule has 0 fully saturated rings. The molecule has 0 radical (unpaired) electrons. The second kappa shape index (κ2) is 8.39. The van der Waals surface area contributed by atoms with E-state index in [0.717, 1.165) is 0 Å². The highest BCUT2D eigenvalue weighted by molar-refractivity contribution is 5.76. The molecule has 0 saturated carbocycles. The molecule has 1 N–H and O–H groups in total. The van der Waals surface area contributed by atoms with Crippen LogP contribution < -0.4 is 5.32 Å². The van der Waals surface area contributed by atoms with E-state index in [9.17, 15) is 13.6 Å². The standard InChI is InChI=1S/C18H19F2NO2/c1-23-17(14-6-4-7-15(19)11-14)12-21-18(22)10-9-13-5-2-3-8-16(13)20/h2-8,11,17H,9-10,12H2,1H3,(H,21,22)/t17-/m1/s1. The van der Waals surface area contributed by atoms with E-state index in [1.807, 2.05) is 0 Å². The molecule has 3 nitrogen and oxygen atoms in total. The van der Waals surface area contributed by atoms with Crippen molar-refractivity contribution in [2.45, 2.75) is 18.9 Å². The molecule has 0 aromatic heterocycles. The van der Waals surface area contributed by atoms with Crippen molar-refractivity contribution in [3.8, 4) is 0 Å². The predicted octanol–water partition coefficient (Wildman–Crippen LogP) is 3.40. The molecule has 2 aromatic rings. The fourth-order valence-corrected chi connectivity index (χ4v) is 2.29. The molecule has 0 saturated heterocycles. The zero-order chi connectivity index (χ0) is 16.7. The second-order valence-electron chi connectivity index (χ2n) is 5.17. The van der Waals surface area contributed by atoms with E-state index in [1.54, 1.807) is 30.3 Å². The number of hydrogen-bond acceptors (Lipinski definition) is 2. The van der Waals surface area contributed by atoms with Crippen LogP contribution in [-0.4, -0.2) is 19.6 Å². The van der Waals surface area contributed by atoms with Crippen LogP contribution in [0.2, 0.25) is 0 Å². The van der Waals surface area contributed by atoms with Crippen molar-refractivity contribution < 1.29 is 18.3 Å². The molecule has 2 rings (SSSR count). The highest BCUT2D eigenvalue weighted by Crippen LogP contribution is 2.17. The molecule has 0 bridgehead atoms. The summed E-state index contributed by atoms with van der Waals surface area (Å²) < 4.78 is 32.0. The first-order valence-corrected chi connectivity index (χ1v) is 7.38. The van der Waals surface area contributed by atoms with Gasteiger partial charge in [-0.1, -0.05) is 30.3 Å². The summed E-state index contributed by atoms with van der Waals surface area (Å²) in [6.45, 7) is 0.232. The van der Waals surface area contributed by atoms with Gasteiger partial charge in [-0.05, 0) is 35.7 Å². The summed E-state index contributed by atoms with van der Waals surface area (Å²) in [7, 11) is 1.50. The summed E-state index contributed by atoms with van der Waals surface area (Å²) in [6.07, 6.45) is 0.0829. The maximum atomic E-state index is 13.5. The summed E-state index contributed by atoms with van der Waals surface area (Å²) >= 11 is 0. The Bertz CT molecular complexity index is 661. The first-order chi connectivity index (χ1) is 11.1. The van der Waals surface area contributed by atoms with Gasteiger partial charge in [0.15, 0.2) is 0 Å². The Morgan fingerprint density at radius 2 is 1.96 bits per heavy atom. The van der Waals surface area contributed by atoms with E-state index < -0.39 is 6.10 Å². The molecular weight excluding hydrogens is 300 g/mol. The van der Waals surface area contributed by atoms with Crippen LogP contribution in [0.4, 0.5) is 8.78 Å². The lowest BCUT2D eigenvalue weighted by Gasteiger charge is -2.16. The number of benzene rings is 2. The van der Waals surface area contributed by atoms with Crippen molar-refractivity contribution in [1.82, 2.24) is 5.32 Å². The molecule has 0 aliphatic rings. The molecule has 1 atom stereocenters. The zero-order valence-electron chi connectivity index (χ0n) is 12.9. The van der Waals surface area contributed by atoms with Crippen molar-refractivity contribution in [1.29, 1.82) is 0 Å². The number of carbonyl (C=O) groups is 1. The van der Waals surface area contributed by atoms with Gasteiger partial charge in [-0.3, -0.25) is 4.79 Å². The Morgan fingerprint density at radius 1 is 1.17 bits per heavy atom. The number of aryl methyl sites for hydroxylation is 1. The topological polar surface area (TPSA) is 38.3 Å². The molecule has 23 heavy (non-hydrogen) atoms. The fraction of sp³-hybridized carbons (Fsp3) is 0.278. The fourth-order valence-electron chi connectivity index (χ4n) is 2.29. The number of amides is 1. The van der Waals surface area contributed by atoms with Crippen LogP contribution in [0.3, 0.4) is 0 Å². The van der Waals surface area contributed by atoms with Crippen LogP contribution in [0, 0.1) is 11.6 Å². The largest absolute Gasteiger partial charge is 0.375 e. The Labute approximate surface area is 134 Å². The SMILES string of the molecule is CO[C@H](CNC(=O)CCc1ccccc1F)c1cccc(F)c1. The van der Waals surface area contributed by atoms with Gasteiger partial charge in [0.1, 0.15) is 11.6 Å². The zero-order valence-corrected chi connectivity index (χ0v) is 12.9. The van der Waals surface area contributed by atoms with E-state index in [0.29, 0.717) is 17.5 Å². The van der Waals surface area contributed by atoms with E-state index in [2.05, 4.69) is 5.32 Å². The lowest BCUT2D eigenvalue weighted by molar-refractivity contribution is -0.121. The molecule has 0 unspecified atom stereocenters. The van der Waals surface area contributed by atoms with Crippen LogP contribution in [0.1, 0.15) is 23.7 Å². The number of methoxy groups -OCH3 is 1. The van der Waals surface area contributed by atoms with E-state index in [1.165, 1.54) is 25.3 Å². The summed E-state index contributed by atoms with van der Waals surface area (Å²) in [5.41, 5.74) is 1.16. The third-order valence-corrected chi connectivity index (χ3v) is 3.57. The van der Waals surface area contributed by atoms with Crippen LogP contribution >= 0.6 is 0 Å². The number of ether oxygens (including phenoxy) is 1. The van der Waals surface area contributed by atoms with Gasteiger partial charge in [0.2, 0.25) is 5.91 Å². The average Bonchev–Trinajstić information content (AvgIpc) is 2.55. The summed E-state index contributed by atoms with van der Waals surface area (Å²) in [4.78, 5) is 11.9. The normalized spacial score (nSPS) is 12.0. The van der Waals surface area contributed by atoms with Crippen LogP contribution in [-0.2, 0) is 16.0 Å². The van der Waals surface area contributed by atoms with Gasteiger partial charge in [0.25, 0.3) is 0 Å².